The van der Waals surface area contributed by atoms with Crippen LogP contribution in [-0.2, 0) is 24.9 Å². The van der Waals surface area contributed by atoms with Crippen LogP contribution in [0, 0.1) is 0 Å². The molecular weight excluding hydrogens is 289 g/mol. The van der Waals surface area contributed by atoms with Gasteiger partial charge in [-0.05, 0) is 46.1 Å². The van der Waals surface area contributed by atoms with E-state index in [0.717, 1.165) is 5.56 Å². The Hall–Kier alpha value is -0.710. The monoisotopic (exact) mass is 315 g/mol. The van der Waals surface area contributed by atoms with Gasteiger partial charge in [-0.2, -0.15) is 0 Å². The van der Waals surface area contributed by atoms with Crippen molar-refractivity contribution >= 4 is 7.60 Å². The van der Waals surface area contributed by atoms with Crippen LogP contribution in [-0.4, -0.2) is 18.1 Å². The lowest BCUT2D eigenvalue weighted by atomic mass is 10.1. The molecule has 1 rings (SSSR count). The minimum atomic E-state index is -3.43. The van der Waals surface area contributed by atoms with E-state index in [2.05, 4.69) is 0 Å². The first-order valence-electron chi connectivity index (χ1n) is 7.23. The van der Waals surface area contributed by atoms with Gasteiger partial charge in [-0.3, -0.25) is 9.40 Å². The second kappa shape index (κ2) is 8.66. The molecule has 1 aromatic rings. The summed E-state index contributed by atoms with van der Waals surface area (Å²) in [6, 6.07) is 9.89. The van der Waals surface area contributed by atoms with Crippen molar-refractivity contribution in [2.45, 2.75) is 58.6 Å². The molecule has 0 saturated carbocycles. The Bertz CT molecular complexity index is 436. The van der Waals surface area contributed by atoms with Crippen molar-refractivity contribution in [3.8, 4) is 0 Å². The van der Waals surface area contributed by atoms with E-state index in [1.54, 1.807) is 27.7 Å². The van der Waals surface area contributed by atoms with Crippen LogP contribution in [0.2, 0.25) is 0 Å². The quantitative estimate of drug-likeness (QED) is 0.553. The van der Waals surface area contributed by atoms with Gasteiger partial charge < -0.3 is 9.05 Å². The highest BCUT2D eigenvalue weighted by Crippen LogP contribution is 2.56. The lowest BCUT2D eigenvalue weighted by molar-refractivity contribution is 0.0483. The van der Waals surface area contributed by atoms with Gasteiger partial charge in [-0.25, -0.2) is 5.90 Å². The predicted molar refractivity (Wildman–Crippen MR) is 83.9 cm³/mol. The van der Waals surface area contributed by atoms with Crippen LogP contribution in [0.1, 0.15) is 39.7 Å². The highest BCUT2D eigenvalue weighted by molar-refractivity contribution is 7.54. The first kappa shape index (κ1) is 18.3. The van der Waals surface area contributed by atoms with Gasteiger partial charge in [-0.15, -0.1) is 0 Å². The molecule has 21 heavy (non-hydrogen) atoms. The number of nitrogens with two attached hydrogens (primary N) is 1. The maximum atomic E-state index is 12.9. The van der Waals surface area contributed by atoms with Crippen LogP contribution in [0.25, 0.3) is 0 Å². The van der Waals surface area contributed by atoms with Gasteiger partial charge in [0.2, 0.25) is 0 Å². The van der Waals surface area contributed by atoms with Crippen molar-refractivity contribution < 1.29 is 18.5 Å². The number of hydrogen-bond acceptors (Lipinski definition) is 5. The average molecular weight is 315 g/mol. The fraction of sp³-hybridized carbons (Fsp3) is 0.600. The lowest BCUT2D eigenvalue weighted by Gasteiger charge is -2.28. The Kier molecular flexibility index (Phi) is 7.57. The SMILES string of the molecule is CC(C)OP(=O)(OC(C)C)C(CCc1ccccc1)ON. The number of benzene rings is 1. The van der Waals surface area contributed by atoms with Crippen LogP contribution in [0.15, 0.2) is 30.3 Å². The Morgan fingerprint density at radius 1 is 1.05 bits per heavy atom. The molecule has 0 aliphatic rings. The molecule has 2 N–H and O–H groups in total. The van der Waals surface area contributed by atoms with Crippen LogP contribution in [0.4, 0.5) is 0 Å². The van der Waals surface area contributed by atoms with E-state index in [9.17, 15) is 4.57 Å². The summed E-state index contributed by atoms with van der Waals surface area (Å²) in [5, 5.41) is 0. The third kappa shape index (κ3) is 6.29. The van der Waals surface area contributed by atoms with Crippen LogP contribution >= 0.6 is 7.60 Å². The second-order valence-electron chi connectivity index (χ2n) is 5.46. The molecule has 6 heteroatoms. The molecule has 0 aliphatic heterocycles. The molecule has 0 amide bonds. The van der Waals surface area contributed by atoms with Gasteiger partial charge in [0.25, 0.3) is 0 Å². The number of hydrogen-bond donors (Lipinski definition) is 1. The first-order chi connectivity index (χ1) is 9.87. The number of aryl methyl sites for hydroxylation is 1. The van der Waals surface area contributed by atoms with E-state index in [4.69, 9.17) is 19.8 Å². The summed E-state index contributed by atoms with van der Waals surface area (Å²) in [6.07, 6.45) is 0.695. The zero-order chi connectivity index (χ0) is 15.9. The van der Waals surface area contributed by atoms with E-state index in [1.165, 1.54) is 0 Å². The van der Waals surface area contributed by atoms with E-state index in [1.807, 2.05) is 30.3 Å². The maximum absolute atomic E-state index is 12.9. The first-order valence-corrected chi connectivity index (χ1v) is 8.84. The minimum Gasteiger partial charge on any atom is -0.304 e. The fourth-order valence-electron chi connectivity index (χ4n) is 1.98. The Morgan fingerprint density at radius 2 is 1.57 bits per heavy atom. The smallest absolute Gasteiger partial charge is 0.304 e. The molecule has 0 heterocycles. The van der Waals surface area contributed by atoms with Crippen LogP contribution in [0.5, 0.6) is 0 Å². The molecule has 1 unspecified atom stereocenters. The average Bonchev–Trinajstić information content (AvgIpc) is 2.38. The Balaban J connectivity index is 2.78. The van der Waals surface area contributed by atoms with E-state index in [-0.39, 0.29) is 12.2 Å². The molecule has 120 valence electrons. The third-order valence-electron chi connectivity index (χ3n) is 2.75. The zero-order valence-corrected chi connectivity index (χ0v) is 14.1. The fourth-order valence-corrected chi connectivity index (χ4v) is 4.07. The Labute approximate surface area is 127 Å². The summed E-state index contributed by atoms with van der Waals surface area (Å²) in [4.78, 5) is 4.93. The molecule has 1 atom stereocenters. The van der Waals surface area contributed by atoms with E-state index < -0.39 is 13.4 Å². The van der Waals surface area contributed by atoms with Crippen LogP contribution < -0.4 is 5.90 Å². The van der Waals surface area contributed by atoms with Gasteiger partial charge in [0.15, 0.2) is 5.85 Å². The third-order valence-corrected chi connectivity index (χ3v) is 5.26. The van der Waals surface area contributed by atoms with Crippen LogP contribution in [0.3, 0.4) is 0 Å². The molecule has 1 aromatic carbocycles. The molecule has 0 aliphatic carbocycles. The van der Waals surface area contributed by atoms with Gasteiger partial charge in [0, 0.05) is 0 Å². The molecule has 0 fully saturated rings. The highest BCUT2D eigenvalue weighted by atomic mass is 31.2. The molecule has 0 spiro atoms. The molecule has 0 bridgehead atoms. The van der Waals surface area contributed by atoms with Crippen molar-refractivity contribution in [2.24, 2.45) is 5.90 Å². The van der Waals surface area contributed by atoms with Crippen molar-refractivity contribution in [3.05, 3.63) is 35.9 Å². The minimum absolute atomic E-state index is 0.232. The summed E-state index contributed by atoms with van der Waals surface area (Å²) in [5.74, 6) is 4.57. The van der Waals surface area contributed by atoms with Gasteiger partial charge >= 0.3 is 7.60 Å². The normalized spacial score (nSPS) is 13.9. The summed E-state index contributed by atoms with van der Waals surface area (Å²) >= 11 is 0. The van der Waals surface area contributed by atoms with Gasteiger partial charge in [-0.1, -0.05) is 30.3 Å². The van der Waals surface area contributed by atoms with Crippen molar-refractivity contribution in [3.63, 3.8) is 0 Å². The standard InChI is InChI=1S/C15H26NO4P/c1-12(2)19-21(17,20-13(3)4)15(18-16)11-10-14-8-6-5-7-9-14/h5-9,12-13,15H,10-11,16H2,1-4H3. The van der Waals surface area contributed by atoms with Gasteiger partial charge in [0.1, 0.15) is 0 Å². The van der Waals surface area contributed by atoms with Crippen molar-refractivity contribution in [2.75, 3.05) is 0 Å². The Morgan fingerprint density at radius 3 is 2.00 bits per heavy atom. The summed E-state index contributed by atoms with van der Waals surface area (Å²) in [5.41, 5.74) is 1.13. The lowest BCUT2D eigenvalue weighted by Crippen LogP contribution is -2.24. The van der Waals surface area contributed by atoms with E-state index in [0.29, 0.717) is 12.8 Å². The number of rotatable bonds is 9. The largest absolute Gasteiger partial charge is 0.361 e. The maximum Gasteiger partial charge on any atom is 0.361 e. The summed E-state index contributed by atoms with van der Waals surface area (Å²) in [6.45, 7) is 7.23. The zero-order valence-electron chi connectivity index (χ0n) is 13.2. The predicted octanol–water partition coefficient (Wildman–Crippen LogP) is 3.88. The van der Waals surface area contributed by atoms with Crippen molar-refractivity contribution in [1.82, 2.24) is 0 Å². The summed E-state index contributed by atoms with van der Waals surface area (Å²) < 4.78 is 24.0. The molecule has 0 aromatic heterocycles. The second-order valence-corrected chi connectivity index (χ2v) is 7.54. The van der Waals surface area contributed by atoms with E-state index >= 15 is 0 Å². The molecular formula is C15H26NO4P. The molecule has 0 saturated heterocycles. The molecule has 5 nitrogen and oxygen atoms in total. The molecule has 0 radical (unpaired) electrons. The highest BCUT2D eigenvalue weighted by Gasteiger charge is 2.38. The van der Waals surface area contributed by atoms with Crippen molar-refractivity contribution in [1.29, 1.82) is 0 Å². The summed E-state index contributed by atoms with van der Waals surface area (Å²) in [7, 11) is -3.43. The van der Waals surface area contributed by atoms with Gasteiger partial charge in [0.05, 0.1) is 12.2 Å². The topological polar surface area (TPSA) is 70.8 Å².